The van der Waals surface area contributed by atoms with E-state index in [1.807, 2.05) is 0 Å². The molecule has 1 amide bonds. The Balaban J connectivity index is 0.00000242. The van der Waals surface area contributed by atoms with Crippen LogP contribution in [-0.4, -0.2) is 48.5 Å². The summed E-state index contributed by atoms with van der Waals surface area (Å²) in [5, 5.41) is 14.3. The number of nitrogens with zero attached hydrogens (tertiary/aromatic N) is 2. The predicted molar refractivity (Wildman–Crippen MR) is 84.9 cm³/mol. The number of hydrogen-bond acceptors (Lipinski definition) is 5. The van der Waals surface area contributed by atoms with Gasteiger partial charge in [-0.3, -0.25) is 14.9 Å². The third kappa shape index (κ3) is 4.32. The first-order valence-corrected chi connectivity index (χ1v) is 7.04. The summed E-state index contributed by atoms with van der Waals surface area (Å²) < 4.78 is 5.22. The van der Waals surface area contributed by atoms with Crippen LogP contribution >= 0.6 is 12.4 Å². The monoisotopic (exact) mass is 329 g/mol. The summed E-state index contributed by atoms with van der Waals surface area (Å²) in [4.78, 5) is 24.7. The number of halogens is 1. The molecule has 8 heteroatoms. The summed E-state index contributed by atoms with van der Waals surface area (Å²) in [5.41, 5.74) is 0.155. The van der Waals surface area contributed by atoms with E-state index in [2.05, 4.69) is 5.32 Å². The quantitative estimate of drug-likeness (QED) is 0.673. The topological polar surface area (TPSA) is 84.7 Å². The predicted octanol–water partition coefficient (Wildman–Crippen LogP) is 1.85. The van der Waals surface area contributed by atoms with Gasteiger partial charge < -0.3 is 15.0 Å². The highest BCUT2D eigenvalue weighted by Crippen LogP contribution is 2.28. The molecule has 1 fully saturated rings. The van der Waals surface area contributed by atoms with Crippen LogP contribution in [0, 0.1) is 10.1 Å². The lowest BCUT2D eigenvalue weighted by Crippen LogP contribution is -2.34. The Labute approximate surface area is 135 Å². The number of carbonyl (C=O) groups excluding carboxylic acids is 1. The average Bonchev–Trinajstić information content (AvgIpc) is 2.76. The molecule has 0 spiro atoms. The zero-order valence-corrected chi connectivity index (χ0v) is 13.2. The molecule has 0 atom stereocenters. The van der Waals surface area contributed by atoms with Crippen molar-refractivity contribution < 1.29 is 14.5 Å². The van der Waals surface area contributed by atoms with Crippen molar-refractivity contribution >= 4 is 24.0 Å². The second-order valence-corrected chi connectivity index (χ2v) is 4.77. The first kappa shape index (κ1) is 18.2. The molecule has 1 aliphatic heterocycles. The van der Waals surface area contributed by atoms with E-state index >= 15 is 0 Å². The van der Waals surface area contributed by atoms with Crippen LogP contribution in [0.2, 0.25) is 0 Å². The fraction of sp³-hybridized carbons (Fsp3) is 0.500. The number of benzene rings is 1. The van der Waals surface area contributed by atoms with E-state index in [-0.39, 0.29) is 29.8 Å². The van der Waals surface area contributed by atoms with Gasteiger partial charge in [0.15, 0.2) is 5.75 Å². The number of carbonyl (C=O) groups is 1. The van der Waals surface area contributed by atoms with Gasteiger partial charge in [0.2, 0.25) is 0 Å². The second kappa shape index (κ2) is 8.55. The van der Waals surface area contributed by atoms with Gasteiger partial charge in [-0.2, -0.15) is 0 Å². The van der Waals surface area contributed by atoms with E-state index in [1.165, 1.54) is 12.1 Å². The Kier molecular flexibility index (Phi) is 7.07. The molecule has 0 unspecified atom stereocenters. The third-order valence-electron chi connectivity index (χ3n) is 3.33. The maximum atomic E-state index is 12.4. The number of nitro benzene ring substituents is 1. The minimum Gasteiger partial charge on any atom is -0.487 e. The number of ether oxygens (including phenoxy) is 1. The van der Waals surface area contributed by atoms with Gasteiger partial charge >= 0.3 is 5.69 Å². The first-order valence-electron chi connectivity index (χ1n) is 7.04. The molecule has 1 heterocycles. The molecule has 1 N–H and O–H groups in total. The van der Waals surface area contributed by atoms with Crippen LogP contribution in [-0.2, 0) is 0 Å². The van der Waals surface area contributed by atoms with Gasteiger partial charge in [0.1, 0.15) is 0 Å². The molecule has 0 radical (unpaired) electrons. The molecule has 0 bridgehead atoms. The lowest BCUT2D eigenvalue weighted by molar-refractivity contribution is -0.385. The highest BCUT2D eigenvalue weighted by atomic mass is 35.5. The molecular weight excluding hydrogens is 310 g/mol. The van der Waals surface area contributed by atoms with Gasteiger partial charge in [0.25, 0.3) is 5.91 Å². The molecule has 122 valence electrons. The van der Waals surface area contributed by atoms with E-state index in [9.17, 15) is 14.9 Å². The van der Waals surface area contributed by atoms with Crippen molar-refractivity contribution in [3.8, 4) is 5.75 Å². The van der Waals surface area contributed by atoms with Crippen molar-refractivity contribution in [3.05, 3.63) is 33.9 Å². The zero-order valence-electron chi connectivity index (χ0n) is 12.4. The number of nitrogens with one attached hydrogen (secondary N) is 1. The SMILES string of the molecule is CCOc1ccc(C(=O)N2CCCNCC2)cc1[N+](=O)[O-].Cl. The average molecular weight is 330 g/mol. The van der Waals surface area contributed by atoms with E-state index in [1.54, 1.807) is 17.9 Å². The Bertz CT molecular complexity index is 531. The van der Waals surface area contributed by atoms with Crippen LogP contribution in [0.3, 0.4) is 0 Å². The zero-order chi connectivity index (χ0) is 15.2. The molecule has 22 heavy (non-hydrogen) atoms. The molecule has 1 aliphatic rings. The van der Waals surface area contributed by atoms with E-state index in [0.717, 1.165) is 19.5 Å². The van der Waals surface area contributed by atoms with Crippen molar-refractivity contribution in [2.75, 3.05) is 32.8 Å². The van der Waals surface area contributed by atoms with Crippen molar-refractivity contribution in [3.63, 3.8) is 0 Å². The van der Waals surface area contributed by atoms with Gasteiger partial charge in [-0.25, -0.2) is 0 Å². The summed E-state index contributed by atoms with van der Waals surface area (Å²) in [6.07, 6.45) is 0.880. The van der Waals surface area contributed by atoms with E-state index in [0.29, 0.717) is 25.3 Å². The van der Waals surface area contributed by atoms with Crippen molar-refractivity contribution in [2.45, 2.75) is 13.3 Å². The molecule has 7 nitrogen and oxygen atoms in total. The van der Waals surface area contributed by atoms with Gasteiger partial charge in [-0.1, -0.05) is 0 Å². The largest absolute Gasteiger partial charge is 0.487 e. The summed E-state index contributed by atoms with van der Waals surface area (Å²) in [7, 11) is 0. The molecule has 2 rings (SSSR count). The van der Waals surface area contributed by atoms with Gasteiger partial charge in [0.05, 0.1) is 11.5 Å². The molecule has 0 aliphatic carbocycles. The summed E-state index contributed by atoms with van der Waals surface area (Å²) in [5.74, 6) is 0.0152. The normalized spacial score (nSPS) is 14.7. The molecule has 0 saturated carbocycles. The number of amides is 1. The lowest BCUT2D eigenvalue weighted by atomic mass is 10.1. The minimum atomic E-state index is -0.522. The van der Waals surface area contributed by atoms with Crippen LogP contribution in [0.1, 0.15) is 23.7 Å². The van der Waals surface area contributed by atoms with Gasteiger partial charge in [0, 0.05) is 31.3 Å². The fourth-order valence-corrected chi connectivity index (χ4v) is 2.30. The van der Waals surface area contributed by atoms with Crippen LogP contribution < -0.4 is 10.1 Å². The molecule has 1 aromatic carbocycles. The van der Waals surface area contributed by atoms with Crippen LogP contribution in [0.15, 0.2) is 18.2 Å². The molecule has 0 aromatic heterocycles. The smallest absolute Gasteiger partial charge is 0.311 e. The maximum Gasteiger partial charge on any atom is 0.311 e. The lowest BCUT2D eigenvalue weighted by Gasteiger charge is -2.20. The highest BCUT2D eigenvalue weighted by Gasteiger charge is 2.22. The molecular formula is C14H20ClN3O4. The Hall–Kier alpha value is -1.86. The van der Waals surface area contributed by atoms with Gasteiger partial charge in [-0.15, -0.1) is 12.4 Å². The Morgan fingerprint density at radius 2 is 2.18 bits per heavy atom. The number of rotatable bonds is 4. The summed E-state index contributed by atoms with van der Waals surface area (Å²) >= 11 is 0. The van der Waals surface area contributed by atoms with Crippen LogP contribution in [0.4, 0.5) is 5.69 Å². The summed E-state index contributed by atoms with van der Waals surface area (Å²) in [6.45, 7) is 4.99. The second-order valence-electron chi connectivity index (χ2n) is 4.77. The van der Waals surface area contributed by atoms with Crippen molar-refractivity contribution in [1.29, 1.82) is 0 Å². The number of hydrogen-bond donors (Lipinski definition) is 1. The maximum absolute atomic E-state index is 12.4. The summed E-state index contributed by atoms with van der Waals surface area (Å²) in [6, 6.07) is 4.37. The minimum absolute atomic E-state index is 0. The van der Waals surface area contributed by atoms with Crippen molar-refractivity contribution in [2.24, 2.45) is 0 Å². The Morgan fingerprint density at radius 3 is 2.86 bits per heavy atom. The highest BCUT2D eigenvalue weighted by molar-refractivity contribution is 5.95. The van der Waals surface area contributed by atoms with Crippen molar-refractivity contribution in [1.82, 2.24) is 10.2 Å². The first-order chi connectivity index (χ1) is 10.1. The van der Waals surface area contributed by atoms with Crippen LogP contribution in [0.25, 0.3) is 0 Å². The fourth-order valence-electron chi connectivity index (χ4n) is 2.30. The molecule has 1 aromatic rings. The van der Waals surface area contributed by atoms with Gasteiger partial charge in [-0.05, 0) is 32.0 Å². The Morgan fingerprint density at radius 1 is 1.41 bits per heavy atom. The van der Waals surface area contributed by atoms with E-state index < -0.39 is 4.92 Å². The van der Waals surface area contributed by atoms with Crippen LogP contribution in [0.5, 0.6) is 5.75 Å². The molecule has 1 saturated heterocycles. The number of nitro groups is 1. The third-order valence-corrected chi connectivity index (χ3v) is 3.33. The standard InChI is InChI=1S/C14H19N3O4.ClH/c1-2-21-13-5-4-11(10-12(13)17(19)20)14(18)16-8-3-6-15-7-9-16;/h4-5,10,15H,2-3,6-9H2,1H3;1H. The van der Waals surface area contributed by atoms with E-state index in [4.69, 9.17) is 4.74 Å².